The second kappa shape index (κ2) is 7.42. The fraction of sp³-hybridized carbons (Fsp3) is 0.906. The molecule has 5 nitrogen and oxygen atoms in total. The van der Waals surface area contributed by atoms with Gasteiger partial charge >= 0.3 is 11.9 Å². The highest BCUT2D eigenvalue weighted by Gasteiger charge is 2.79. The molecule has 11 atom stereocenters. The van der Waals surface area contributed by atoms with Crippen molar-refractivity contribution in [2.24, 2.45) is 56.2 Å². The molecule has 0 N–H and O–H groups in total. The third kappa shape index (κ3) is 2.66. The van der Waals surface area contributed by atoms with Gasteiger partial charge in [-0.15, -0.1) is 0 Å². The van der Waals surface area contributed by atoms with Crippen LogP contribution in [0.1, 0.15) is 112 Å². The molecule has 8 rings (SSSR count). The number of rotatable bonds is 5. The minimum atomic E-state index is -0.761. The van der Waals surface area contributed by atoms with E-state index >= 15 is 0 Å². The molecule has 0 amide bonds. The molecule has 1 spiro atoms. The monoisotopic (exact) mass is 509 g/mol. The fourth-order valence-corrected chi connectivity index (χ4v) is 12.5. The molecule has 6 fully saturated rings. The Kier molecular flexibility index (Phi) is 4.94. The average molecular weight is 510 g/mol. The lowest BCUT2D eigenvalue weighted by Crippen LogP contribution is -2.71. The minimum absolute atomic E-state index is 0.0667. The van der Waals surface area contributed by atoms with E-state index in [4.69, 9.17) is 14.5 Å². The predicted molar refractivity (Wildman–Crippen MR) is 142 cm³/mol. The van der Waals surface area contributed by atoms with Gasteiger partial charge in [0.15, 0.2) is 0 Å². The molecule has 204 valence electrons. The average Bonchev–Trinajstić information content (AvgIpc) is 3.44. The van der Waals surface area contributed by atoms with Crippen molar-refractivity contribution in [3.63, 3.8) is 0 Å². The number of esters is 2. The van der Waals surface area contributed by atoms with E-state index in [0.717, 1.165) is 31.1 Å². The highest BCUT2D eigenvalue weighted by Crippen LogP contribution is 2.81. The third-order valence-corrected chi connectivity index (χ3v) is 14.0. The van der Waals surface area contributed by atoms with Crippen molar-refractivity contribution in [1.82, 2.24) is 0 Å². The molecule has 8 aliphatic rings. The molecule has 8 bridgehead atoms. The van der Waals surface area contributed by atoms with E-state index in [9.17, 15) is 9.59 Å². The number of ether oxygens (including phenoxy) is 2. The third-order valence-electron chi connectivity index (χ3n) is 14.0. The summed E-state index contributed by atoms with van der Waals surface area (Å²) in [4.78, 5) is 31.3. The lowest BCUT2D eigenvalue weighted by Gasteiger charge is -2.71. The quantitative estimate of drug-likeness (QED) is 0.396. The Morgan fingerprint density at radius 2 is 1.86 bits per heavy atom. The molecule has 5 aliphatic carbocycles. The molecule has 37 heavy (non-hydrogen) atoms. The van der Waals surface area contributed by atoms with E-state index in [1.807, 2.05) is 6.92 Å². The van der Waals surface area contributed by atoms with Crippen LogP contribution < -0.4 is 0 Å². The van der Waals surface area contributed by atoms with Crippen LogP contribution in [0.4, 0.5) is 0 Å². The van der Waals surface area contributed by atoms with Gasteiger partial charge in [-0.25, -0.2) is 0 Å². The van der Waals surface area contributed by atoms with Crippen LogP contribution >= 0.6 is 0 Å². The number of hydrogen-bond acceptors (Lipinski definition) is 5. The van der Waals surface area contributed by atoms with Crippen LogP contribution in [-0.4, -0.2) is 35.4 Å². The number of carbonyl (C=O) groups is 2. The fourth-order valence-electron chi connectivity index (χ4n) is 12.5. The first-order valence-corrected chi connectivity index (χ1v) is 15.4. The topological polar surface area (TPSA) is 65.0 Å². The molecular weight excluding hydrogens is 462 g/mol. The standard InChI is InChI=1S/C32H47NO4/c1-18(2)20-9-14-28(4)21-10-16-31-13-7-8-23(31)32(28,25(20)33-26(21)31)17-11-22-29(5)15-12-24(36-19(3)34)30(22,6)27(35)37-29/h18,20-24,26H,7-17H2,1-6H3. The van der Waals surface area contributed by atoms with Crippen LogP contribution in [-0.2, 0) is 19.1 Å². The van der Waals surface area contributed by atoms with Crippen LogP contribution in [0.3, 0.4) is 0 Å². The van der Waals surface area contributed by atoms with Crippen molar-refractivity contribution < 1.29 is 19.1 Å². The molecule has 3 heterocycles. The highest BCUT2D eigenvalue weighted by atomic mass is 16.6. The zero-order valence-corrected chi connectivity index (χ0v) is 23.9. The first kappa shape index (κ1) is 24.6. The second-order valence-corrected chi connectivity index (χ2v) is 15.3. The lowest BCUT2D eigenvalue weighted by molar-refractivity contribution is -0.165. The van der Waals surface area contributed by atoms with Crippen molar-refractivity contribution in [3.8, 4) is 0 Å². The summed E-state index contributed by atoms with van der Waals surface area (Å²) in [6.45, 7) is 13.1. The molecule has 0 aromatic rings. The first-order chi connectivity index (χ1) is 17.4. The van der Waals surface area contributed by atoms with Gasteiger partial charge < -0.3 is 9.47 Å². The summed E-state index contributed by atoms with van der Waals surface area (Å²) >= 11 is 0. The van der Waals surface area contributed by atoms with E-state index in [1.165, 1.54) is 51.9 Å². The molecule has 0 aromatic carbocycles. The van der Waals surface area contributed by atoms with E-state index < -0.39 is 11.0 Å². The summed E-state index contributed by atoms with van der Waals surface area (Å²) in [5.74, 6) is 2.29. The van der Waals surface area contributed by atoms with E-state index in [-0.39, 0.29) is 29.4 Å². The zero-order valence-electron chi connectivity index (χ0n) is 23.9. The minimum Gasteiger partial charge on any atom is -0.461 e. The summed E-state index contributed by atoms with van der Waals surface area (Å²) in [5.41, 5.74) is 1.25. The smallest absolute Gasteiger partial charge is 0.316 e. The van der Waals surface area contributed by atoms with E-state index in [1.54, 1.807) is 5.71 Å². The summed E-state index contributed by atoms with van der Waals surface area (Å²) in [6.07, 6.45) is 12.6. The number of aliphatic imine (C=N–C) groups is 1. The number of nitrogens with zero attached hydrogens (tertiary/aromatic N) is 1. The first-order valence-electron chi connectivity index (χ1n) is 15.4. The Hall–Kier alpha value is -1.39. The van der Waals surface area contributed by atoms with Gasteiger partial charge in [0, 0.05) is 24.0 Å². The normalized spacial score (nSPS) is 54.8. The van der Waals surface area contributed by atoms with Gasteiger partial charge in [-0.2, -0.15) is 0 Å². The molecule has 5 saturated carbocycles. The molecule has 0 aromatic heterocycles. The predicted octanol–water partition coefficient (Wildman–Crippen LogP) is 6.52. The highest BCUT2D eigenvalue weighted by molar-refractivity contribution is 5.96. The van der Waals surface area contributed by atoms with Crippen molar-refractivity contribution in [2.45, 2.75) is 130 Å². The van der Waals surface area contributed by atoms with Crippen molar-refractivity contribution in [3.05, 3.63) is 0 Å². The Balaban J connectivity index is 1.32. The Morgan fingerprint density at radius 3 is 2.59 bits per heavy atom. The molecular formula is C32H47NO4. The zero-order chi connectivity index (χ0) is 26.2. The SMILES string of the molecule is CC(=O)OC1CCC2(C)OC(=O)C1(C)C2CCC12C3=NC4C(CCC45CCCC51)C2(C)CCC3C(C)C. The van der Waals surface area contributed by atoms with Gasteiger partial charge in [0.2, 0.25) is 0 Å². The number of hydrogen-bond donors (Lipinski definition) is 0. The Morgan fingerprint density at radius 1 is 1.08 bits per heavy atom. The van der Waals surface area contributed by atoms with Crippen LogP contribution in [0.2, 0.25) is 0 Å². The van der Waals surface area contributed by atoms with Gasteiger partial charge in [-0.05, 0) is 113 Å². The summed E-state index contributed by atoms with van der Waals surface area (Å²) < 4.78 is 12.0. The van der Waals surface area contributed by atoms with E-state index in [2.05, 4.69) is 27.7 Å². The van der Waals surface area contributed by atoms with Crippen LogP contribution in [0, 0.1) is 51.2 Å². The van der Waals surface area contributed by atoms with Crippen molar-refractivity contribution in [1.29, 1.82) is 0 Å². The lowest BCUT2D eigenvalue weighted by atomic mass is 9.35. The summed E-state index contributed by atoms with van der Waals surface area (Å²) in [6, 6.07) is 0.558. The largest absolute Gasteiger partial charge is 0.461 e. The van der Waals surface area contributed by atoms with Crippen LogP contribution in [0.15, 0.2) is 4.99 Å². The van der Waals surface area contributed by atoms with Gasteiger partial charge in [0.05, 0.1) is 6.04 Å². The van der Waals surface area contributed by atoms with E-state index in [0.29, 0.717) is 35.1 Å². The maximum Gasteiger partial charge on any atom is 0.316 e. The second-order valence-electron chi connectivity index (χ2n) is 15.3. The molecule has 1 saturated heterocycles. The maximum atomic E-state index is 13.5. The van der Waals surface area contributed by atoms with Gasteiger partial charge in [-0.3, -0.25) is 14.6 Å². The Labute approximate surface area is 222 Å². The molecule has 11 unspecified atom stereocenters. The van der Waals surface area contributed by atoms with Crippen LogP contribution in [0.5, 0.6) is 0 Å². The van der Waals surface area contributed by atoms with Crippen molar-refractivity contribution in [2.75, 3.05) is 0 Å². The Bertz CT molecular complexity index is 1080. The van der Waals surface area contributed by atoms with Gasteiger partial charge in [-0.1, -0.05) is 27.2 Å². The summed E-state index contributed by atoms with van der Waals surface area (Å²) in [7, 11) is 0. The van der Waals surface area contributed by atoms with Crippen molar-refractivity contribution >= 4 is 17.7 Å². The molecule has 3 aliphatic heterocycles. The molecule has 5 heteroatoms. The number of fused-ring (bicyclic) bond motifs is 2. The molecule has 0 radical (unpaired) electrons. The van der Waals surface area contributed by atoms with Gasteiger partial charge in [0.25, 0.3) is 0 Å². The van der Waals surface area contributed by atoms with Crippen LogP contribution in [0.25, 0.3) is 0 Å². The van der Waals surface area contributed by atoms with Gasteiger partial charge in [0.1, 0.15) is 17.1 Å². The maximum absolute atomic E-state index is 13.5. The summed E-state index contributed by atoms with van der Waals surface area (Å²) in [5, 5.41) is 0. The number of carbonyl (C=O) groups excluding carboxylic acids is 2.